The second-order valence-corrected chi connectivity index (χ2v) is 5.35. The maximum absolute atomic E-state index is 10.7. The van der Waals surface area contributed by atoms with Crippen molar-refractivity contribution in [2.45, 2.75) is 11.6 Å². The Kier molecular flexibility index (Phi) is 4.34. The zero-order valence-corrected chi connectivity index (χ0v) is 11.6. The van der Waals surface area contributed by atoms with Crippen LogP contribution in [-0.2, 0) is 11.3 Å². The summed E-state index contributed by atoms with van der Waals surface area (Å²) in [4.78, 5) is 21.6. The highest BCUT2D eigenvalue weighted by atomic mass is 32.2. The van der Waals surface area contributed by atoms with E-state index in [-0.39, 0.29) is 5.75 Å². The van der Waals surface area contributed by atoms with Gasteiger partial charge in [0, 0.05) is 5.39 Å². The van der Waals surface area contributed by atoms with Crippen molar-refractivity contribution in [1.82, 2.24) is 14.9 Å². The predicted octanol–water partition coefficient (Wildman–Crippen LogP) is 1.87. The van der Waals surface area contributed by atoms with Gasteiger partial charge < -0.3 is 10.0 Å². The van der Waals surface area contributed by atoms with E-state index in [4.69, 9.17) is 5.11 Å². The molecule has 100 valence electrons. The minimum atomic E-state index is -0.846. The van der Waals surface area contributed by atoms with Gasteiger partial charge in [-0.25, -0.2) is 9.97 Å². The molecule has 0 radical (unpaired) electrons. The van der Waals surface area contributed by atoms with Crippen LogP contribution in [0.5, 0.6) is 0 Å². The van der Waals surface area contributed by atoms with Crippen LogP contribution in [0, 0.1) is 0 Å². The average molecular weight is 277 g/mol. The highest BCUT2D eigenvalue weighted by Gasteiger charge is 2.10. The number of carboxylic acids is 1. The van der Waals surface area contributed by atoms with Crippen LogP contribution in [0.25, 0.3) is 10.9 Å². The first kappa shape index (κ1) is 13.8. The Morgan fingerprint density at radius 1 is 1.32 bits per heavy atom. The maximum atomic E-state index is 10.7. The summed E-state index contributed by atoms with van der Waals surface area (Å²) in [6.07, 6.45) is 0. The molecule has 0 aliphatic rings. The minimum absolute atomic E-state index is 0.00239. The van der Waals surface area contributed by atoms with Crippen molar-refractivity contribution in [1.29, 1.82) is 0 Å². The third-order valence-electron chi connectivity index (χ3n) is 2.40. The molecule has 0 saturated heterocycles. The van der Waals surface area contributed by atoms with Gasteiger partial charge in [0.25, 0.3) is 0 Å². The Balaban J connectivity index is 2.42. The summed E-state index contributed by atoms with van der Waals surface area (Å²) < 4.78 is 0. The molecule has 1 aromatic carbocycles. The zero-order valence-electron chi connectivity index (χ0n) is 10.8. The number of fused-ring (bicyclic) bond motifs is 1. The lowest BCUT2D eigenvalue weighted by molar-refractivity contribution is -0.133. The van der Waals surface area contributed by atoms with Crippen molar-refractivity contribution < 1.29 is 9.90 Å². The molecule has 1 aromatic heterocycles. The van der Waals surface area contributed by atoms with E-state index in [0.29, 0.717) is 12.4 Å². The standard InChI is InChI=1S/C13H15N3O2S/c1-16(2)7-11-14-10-6-4-3-5-9(10)13(15-11)19-8-12(17)18/h3-6H,7-8H2,1-2H3,(H,17,18). The first-order valence-corrected chi connectivity index (χ1v) is 6.80. The van der Waals surface area contributed by atoms with Crippen LogP contribution < -0.4 is 0 Å². The number of para-hydroxylation sites is 1. The van der Waals surface area contributed by atoms with Gasteiger partial charge in [-0.3, -0.25) is 4.79 Å². The smallest absolute Gasteiger partial charge is 0.313 e. The van der Waals surface area contributed by atoms with Crippen molar-refractivity contribution in [3.63, 3.8) is 0 Å². The van der Waals surface area contributed by atoms with Crippen LogP contribution in [0.1, 0.15) is 5.82 Å². The second-order valence-electron chi connectivity index (χ2n) is 4.38. The molecule has 0 amide bonds. The Morgan fingerprint density at radius 3 is 2.74 bits per heavy atom. The van der Waals surface area contributed by atoms with Crippen LogP contribution in [0.2, 0.25) is 0 Å². The number of aromatic nitrogens is 2. The van der Waals surface area contributed by atoms with Crippen LogP contribution in [0.4, 0.5) is 0 Å². The summed E-state index contributed by atoms with van der Waals surface area (Å²) in [6.45, 7) is 0.630. The van der Waals surface area contributed by atoms with Gasteiger partial charge in [-0.1, -0.05) is 30.0 Å². The van der Waals surface area contributed by atoms with E-state index in [2.05, 4.69) is 9.97 Å². The fourth-order valence-corrected chi connectivity index (χ4v) is 2.45. The Hall–Kier alpha value is -1.66. The van der Waals surface area contributed by atoms with E-state index in [1.54, 1.807) is 0 Å². The van der Waals surface area contributed by atoms with Gasteiger partial charge >= 0.3 is 5.97 Å². The normalized spacial score (nSPS) is 11.1. The lowest BCUT2D eigenvalue weighted by atomic mass is 10.2. The fraction of sp³-hybridized carbons (Fsp3) is 0.308. The lowest BCUT2D eigenvalue weighted by Crippen LogP contribution is -2.14. The number of nitrogens with zero attached hydrogens (tertiary/aromatic N) is 3. The summed E-state index contributed by atoms with van der Waals surface area (Å²) in [6, 6.07) is 7.66. The van der Waals surface area contributed by atoms with Crippen molar-refractivity contribution in [3.05, 3.63) is 30.1 Å². The van der Waals surface area contributed by atoms with Crippen LogP contribution in [-0.4, -0.2) is 45.8 Å². The third-order valence-corrected chi connectivity index (χ3v) is 3.38. The number of rotatable bonds is 5. The SMILES string of the molecule is CN(C)Cc1nc(SCC(=O)O)c2ccccc2n1. The molecule has 2 aromatic rings. The van der Waals surface area contributed by atoms with Gasteiger partial charge in [-0.2, -0.15) is 0 Å². The molecule has 6 heteroatoms. The van der Waals surface area contributed by atoms with E-state index in [1.807, 2.05) is 43.3 Å². The monoisotopic (exact) mass is 277 g/mol. The quantitative estimate of drug-likeness (QED) is 0.665. The molecule has 0 unspecified atom stereocenters. The summed E-state index contributed by atoms with van der Waals surface area (Å²) in [7, 11) is 3.89. The number of benzene rings is 1. The average Bonchev–Trinajstić information content (AvgIpc) is 2.35. The Labute approximate surface area is 115 Å². The first-order valence-electron chi connectivity index (χ1n) is 5.81. The maximum Gasteiger partial charge on any atom is 0.313 e. The molecule has 0 aliphatic carbocycles. The number of thioether (sulfide) groups is 1. The van der Waals surface area contributed by atoms with Gasteiger partial charge in [0.15, 0.2) is 0 Å². The molecular formula is C13H15N3O2S. The number of aliphatic carboxylic acids is 1. The molecule has 0 spiro atoms. The summed E-state index contributed by atoms with van der Waals surface area (Å²) in [5.41, 5.74) is 0.849. The van der Waals surface area contributed by atoms with Gasteiger partial charge in [-0.15, -0.1) is 0 Å². The molecule has 19 heavy (non-hydrogen) atoms. The number of hydrogen-bond donors (Lipinski definition) is 1. The zero-order chi connectivity index (χ0) is 13.8. The van der Waals surface area contributed by atoms with E-state index >= 15 is 0 Å². The summed E-state index contributed by atoms with van der Waals surface area (Å²) >= 11 is 1.23. The number of carbonyl (C=O) groups is 1. The lowest BCUT2D eigenvalue weighted by Gasteiger charge is -2.11. The van der Waals surface area contributed by atoms with Crippen molar-refractivity contribution in [3.8, 4) is 0 Å². The molecule has 2 rings (SSSR count). The second kappa shape index (κ2) is 5.99. The van der Waals surface area contributed by atoms with Crippen molar-refractivity contribution in [2.24, 2.45) is 0 Å². The van der Waals surface area contributed by atoms with Gasteiger partial charge in [0.05, 0.1) is 17.8 Å². The highest BCUT2D eigenvalue weighted by Crippen LogP contribution is 2.25. The van der Waals surface area contributed by atoms with E-state index in [0.717, 1.165) is 15.9 Å². The molecule has 0 bridgehead atoms. The predicted molar refractivity (Wildman–Crippen MR) is 75.3 cm³/mol. The summed E-state index contributed by atoms with van der Waals surface area (Å²) in [5, 5.41) is 10.4. The van der Waals surface area contributed by atoms with Crippen molar-refractivity contribution in [2.75, 3.05) is 19.8 Å². The number of carboxylic acid groups (broad SMARTS) is 1. The molecule has 1 N–H and O–H groups in total. The van der Waals surface area contributed by atoms with Crippen LogP contribution in [0.15, 0.2) is 29.3 Å². The van der Waals surface area contributed by atoms with E-state index < -0.39 is 5.97 Å². The highest BCUT2D eigenvalue weighted by molar-refractivity contribution is 8.00. The molecule has 0 atom stereocenters. The molecule has 1 heterocycles. The molecular weight excluding hydrogens is 262 g/mol. The summed E-state index contributed by atoms with van der Waals surface area (Å²) in [5.74, 6) is -0.138. The van der Waals surface area contributed by atoms with E-state index in [9.17, 15) is 4.79 Å². The minimum Gasteiger partial charge on any atom is -0.481 e. The number of hydrogen-bond acceptors (Lipinski definition) is 5. The first-order chi connectivity index (χ1) is 9.06. The third kappa shape index (κ3) is 3.65. The van der Waals surface area contributed by atoms with E-state index in [1.165, 1.54) is 11.8 Å². The molecule has 0 saturated carbocycles. The van der Waals surface area contributed by atoms with Gasteiger partial charge in [0.2, 0.25) is 0 Å². The van der Waals surface area contributed by atoms with Crippen LogP contribution in [0.3, 0.4) is 0 Å². The van der Waals surface area contributed by atoms with Gasteiger partial charge in [0.1, 0.15) is 10.9 Å². The molecule has 5 nitrogen and oxygen atoms in total. The van der Waals surface area contributed by atoms with Crippen molar-refractivity contribution >= 4 is 28.6 Å². The Bertz CT molecular complexity index is 601. The molecule has 0 fully saturated rings. The van der Waals surface area contributed by atoms with Gasteiger partial charge in [-0.05, 0) is 20.2 Å². The molecule has 0 aliphatic heterocycles. The Morgan fingerprint density at radius 2 is 2.05 bits per heavy atom. The topological polar surface area (TPSA) is 66.3 Å². The largest absolute Gasteiger partial charge is 0.481 e. The fourth-order valence-electron chi connectivity index (χ4n) is 1.69. The van der Waals surface area contributed by atoms with Crippen LogP contribution >= 0.6 is 11.8 Å².